The van der Waals surface area contributed by atoms with Gasteiger partial charge in [0.2, 0.25) is 0 Å². The predicted octanol–water partition coefficient (Wildman–Crippen LogP) is 2.35. The number of hydrogen-bond acceptors (Lipinski definition) is 3. The Bertz CT molecular complexity index is 205. The summed E-state index contributed by atoms with van der Waals surface area (Å²) in [5.74, 6) is 0. The standard InChI is InChI=1S/C11H23N3/c1-6-7-8-14-10(11(2,3)4)13(5)9-12-14/h9-10H,6-8H2,1-5H3. The van der Waals surface area contributed by atoms with Gasteiger partial charge in [-0.15, -0.1) is 0 Å². The Balaban J connectivity index is 2.62. The maximum atomic E-state index is 4.44. The minimum Gasteiger partial charge on any atom is -0.342 e. The summed E-state index contributed by atoms with van der Waals surface area (Å²) in [4.78, 5) is 2.20. The van der Waals surface area contributed by atoms with Crippen molar-refractivity contribution in [1.82, 2.24) is 9.91 Å². The second-order valence-corrected chi connectivity index (χ2v) is 5.15. The fraction of sp³-hybridized carbons (Fsp3) is 0.909. The second kappa shape index (κ2) is 4.20. The third-order valence-electron chi connectivity index (χ3n) is 2.57. The van der Waals surface area contributed by atoms with Gasteiger partial charge in [-0.25, -0.2) is 0 Å². The molecule has 0 N–H and O–H groups in total. The summed E-state index contributed by atoms with van der Waals surface area (Å²) in [5.41, 5.74) is 0.249. The van der Waals surface area contributed by atoms with Crippen molar-refractivity contribution in [1.29, 1.82) is 0 Å². The number of nitrogens with zero attached hydrogens (tertiary/aromatic N) is 3. The molecule has 1 rings (SSSR count). The van der Waals surface area contributed by atoms with Gasteiger partial charge < -0.3 is 4.90 Å². The zero-order valence-corrected chi connectivity index (χ0v) is 10.1. The van der Waals surface area contributed by atoms with Crippen LogP contribution in [0.2, 0.25) is 0 Å². The highest BCUT2D eigenvalue weighted by Gasteiger charge is 2.35. The van der Waals surface area contributed by atoms with E-state index in [0.29, 0.717) is 6.17 Å². The summed E-state index contributed by atoms with van der Waals surface area (Å²) < 4.78 is 0. The molecule has 14 heavy (non-hydrogen) atoms. The highest BCUT2D eigenvalue weighted by Crippen LogP contribution is 2.29. The average Bonchev–Trinajstić information content (AvgIpc) is 2.42. The highest BCUT2D eigenvalue weighted by molar-refractivity contribution is 5.56. The number of rotatable bonds is 3. The molecule has 0 aromatic heterocycles. The Morgan fingerprint density at radius 2 is 2.00 bits per heavy atom. The van der Waals surface area contributed by atoms with Gasteiger partial charge in [0.15, 0.2) is 0 Å². The first kappa shape index (κ1) is 11.3. The van der Waals surface area contributed by atoms with Gasteiger partial charge in [-0.3, -0.25) is 5.01 Å². The molecule has 1 heterocycles. The molecule has 0 fully saturated rings. The van der Waals surface area contributed by atoms with E-state index in [2.05, 4.69) is 49.8 Å². The fourth-order valence-electron chi connectivity index (χ4n) is 2.04. The first-order valence-electron chi connectivity index (χ1n) is 5.49. The van der Waals surface area contributed by atoms with Crippen LogP contribution in [0.5, 0.6) is 0 Å². The van der Waals surface area contributed by atoms with Crippen molar-refractivity contribution in [3.05, 3.63) is 0 Å². The summed E-state index contributed by atoms with van der Waals surface area (Å²) in [6, 6.07) is 0. The lowest BCUT2D eigenvalue weighted by atomic mass is 9.91. The molecule has 3 heteroatoms. The first-order chi connectivity index (χ1) is 6.46. The van der Waals surface area contributed by atoms with Gasteiger partial charge in [0.25, 0.3) is 0 Å². The van der Waals surface area contributed by atoms with E-state index in [1.54, 1.807) is 0 Å². The van der Waals surface area contributed by atoms with Crippen LogP contribution in [-0.2, 0) is 0 Å². The lowest BCUT2D eigenvalue weighted by Gasteiger charge is -2.38. The van der Waals surface area contributed by atoms with Gasteiger partial charge >= 0.3 is 0 Å². The molecule has 0 aromatic carbocycles. The third-order valence-corrected chi connectivity index (χ3v) is 2.57. The van der Waals surface area contributed by atoms with Crippen molar-refractivity contribution in [2.75, 3.05) is 13.6 Å². The van der Waals surface area contributed by atoms with Crippen LogP contribution < -0.4 is 0 Å². The molecule has 3 nitrogen and oxygen atoms in total. The number of unbranched alkanes of at least 4 members (excludes halogenated alkanes) is 1. The Labute approximate surface area is 87.8 Å². The highest BCUT2D eigenvalue weighted by atomic mass is 15.6. The fourth-order valence-corrected chi connectivity index (χ4v) is 2.04. The van der Waals surface area contributed by atoms with Crippen LogP contribution in [0.4, 0.5) is 0 Å². The monoisotopic (exact) mass is 197 g/mol. The zero-order chi connectivity index (χ0) is 10.8. The Kier molecular flexibility index (Phi) is 3.40. The van der Waals surface area contributed by atoms with Crippen molar-refractivity contribution in [2.24, 2.45) is 10.5 Å². The molecule has 1 unspecified atom stereocenters. The van der Waals surface area contributed by atoms with Crippen LogP contribution in [0.25, 0.3) is 0 Å². The van der Waals surface area contributed by atoms with E-state index < -0.39 is 0 Å². The molecule has 1 aliphatic rings. The van der Waals surface area contributed by atoms with E-state index in [1.807, 2.05) is 6.34 Å². The summed E-state index contributed by atoms with van der Waals surface area (Å²) >= 11 is 0. The van der Waals surface area contributed by atoms with Gasteiger partial charge in [-0.2, -0.15) is 5.10 Å². The Hall–Kier alpha value is -0.730. The molecule has 0 aromatic rings. The largest absolute Gasteiger partial charge is 0.342 e. The molecule has 0 amide bonds. The van der Waals surface area contributed by atoms with Gasteiger partial charge in [-0.05, 0) is 6.42 Å². The van der Waals surface area contributed by atoms with Gasteiger partial charge in [0, 0.05) is 19.0 Å². The SMILES string of the molecule is CCCCN1N=CN(C)C1C(C)(C)C. The molecule has 0 spiro atoms. The van der Waals surface area contributed by atoms with Gasteiger partial charge in [0.05, 0.1) is 0 Å². The second-order valence-electron chi connectivity index (χ2n) is 5.15. The molecular weight excluding hydrogens is 174 g/mol. The molecule has 1 aliphatic heterocycles. The van der Waals surface area contributed by atoms with E-state index in [9.17, 15) is 0 Å². The topological polar surface area (TPSA) is 18.8 Å². The van der Waals surface area contributed by atoms with Crippen LogP contribution >= 0.6 is 0 Å². The van der Waals surface area contributed by atoms with Crippen LogP contribution in [0.1, 0.15) is 40.5 Å². The normalized spacial score (nSPS) is 22.2. The summed E-state index contributed by atoms with van der Waals surface area (Å²) in [7, 11) is 2.10. The van der Waals surface area contributed by atoms with Crippen molar-refractivity contribution >= 4 is 6.34 Å². The van der Waals surface area contributed by atoms with Crippen molar-refractivity contribution in [2.45, 2.75) is 46.7 Å². The van der Waals surface area contributed by atoms with Crippen molar-refractivity contribution < 1.29 is 0 Å². The van der Waals surface area contributed by atoms with E-state index in [4.69, 9.17) is 0 Å². The maximum Gasteiger partial charge on any atom is 0.123 e. The summed E-state index contributed by atoms with van der Waals surface area (Å²) in [5, 5.41) is 6.65. The molecule has 0 saturated carbocycles. The zero-order valence-electron chi connectivity index (χ0n) is 10.1. The van der Waals surface area contributed by atoms with Gasteiger partial charge in [0.1, 0.15) is 12.5 Å². The number of hydrazone groups is 1. The lowest BCUT2D eigenvalue weighted by molar-refractivity contribution is 0.0472. The smallest absolute Gasteiger partial charge is 0.123 e. The molecule has 0 aliphatic carbocycles. The molecule has 0 radical (unpaired) electrons. The Morgan fingerprint density at radius 3 is 2.50 bits per heavy atom. The summed E-state index contributed by atoms with van der Waals surface area (Å²) in [6.07, 6.45) is 4.80. The first-order valence-corrected chi connectivity index (χ1v) is 5.49. The predicted molar refractivity (Wildman–Crippen MR) is 61.1 cm³/mol. The van der Waals surface area contributed by atoms with Crippen LogP contribution in [0.15, 0.2) is 5.10 Å². The molecule has 0 bridgehead atoms. The van der Waals surface area contributed by atoms with E-state index in [-0.39, 0.29) is 5.41 Å². The molecular formula is C11H23N3. The third kappa shape index (κ3) is 2.40. The van der Waals surface area contributed by atoms with Crippen molar-refractivity contribution in [3.8, 4) is 0 Å². The molecule has 0 saturated heterocycles. The number of hydrogen-bond donors (Lipinski definition) is 0. The van der Waals surface area contributed by atoms with E-state index in [0.717, 1.165) is 6.54 Å². The average molecular weight is 197 g/mol. The van der Waals surface area contributed by atoms with Crippen LogP contribution in [0.3, 0.4) is 0 Å². The van der Waals surface area contributed by atoms with E-state index >= 15 is 0 Å². The maximum absolute atomic E-state index is 4.44. The Morgan fingerprint density at radius 1 is 1.36 bits per heavy atom. The van der Waals surface area contributed by atoms with E-state index in [1.165, 1.54) is 12.8 Å². The van der Waals surface area contributed by atoms with Gasteiger partial charge in [-0.1, -0.05) is 34.1 Å². The quantitative estimate of drug-likeness (QED) is 0.691. The minimum absolute atomic E-state index is 0.249. The minimum atomic E-state index is 0.249. The molecule has 1 atom stereocenters. The van der Waals surface area contributed by atoms with Crippen molar-refractivity contribution in [3.63, 3.8) is 0 Å². The summed E-state index contributed by atoms with van der Waals surface area (Å²) in [6.45, 7) is 10.1. The van der Waals surface area contributed by atoms with Crippen LogP contribution in [-0.4, -0.2) is 36.0 Å². The lowest BCUT2D eigenvalue weighted by Crippen LogP contribution is -2.47. The molecule has 82 valence electrons. The van der Waals surface area contributed by atoms with Crippen LogP contribution in [0, 0.1) is 5.41 Å².